The monoisotopic (exact) mass is 325 g/mol. The second-order valence-electron chi connectivity index (χ2n) is 5.09. The fraction of sp³-hybridized carbons (Fsp3) is 0.462. The number of rotatable bonds is 4. The molecule has 1 aromatic rings. The van der Waals surface area contributed by atoms with Crippen LogP contribution in [0.25, 0.3) is 0 Å². The van der Waals surface area contributed by atoms with Crippen LogP contribution in [0, 0.1) is 5.92 Å². The Labute approximate surface area is 164 Å². The van der Waals surface area contributed by atoms with Crippen LogP contribution in [-0.2, 0) is 11.3 Å². The standard InChI is InChI=1S/C13H16BF3NO2.K/c15-14(16,17)8-12-6-7-18(9-12)13(19)20-10-11-4-2-1-3-5-11;/h1-5,12H,6-10H2;/q-1;+1. The summed E-state index contributed by atoms with van der Waals surface area (Å²) in [7, 11) is 0. The number of hydrogen-bond acceptors (Lipinski definition) is 2. The van der Waals surface area contributed by atoms with Crippen molar-refractivity contribution >= 4 is 13.1 Å². The number of amides is 1. The van der Waals surface area contributed by atoms with Crippen LogP contribution in [0.1, 0.15) is 12.0 Å². The zero-order valence-electron chi connectivity index (χ0n) is 12.0. The number of hydrogen-bond donors (Lipinski definition) is 0. The largest absolute Gasteiger partial charge is 1.00 e. The minimum Gasteiger partial charge on any atom is -0.449 e. The number of benzene rings is 1. The Morgan fingerprint density at radius 1 is 1.29 bits per heavy atom. The molecule has 1 aliphatic rings. The molecule has 0 spiro atoms. The third-order valence-electron chi connectivity index (χ3n) is 3.35. The van der Waals surface area contributed by atoms with E-state index in [0.717, 1.165) is 5.56 Å². The van der Waals surface area contributed by atoms with E-state index in [9.17, 15) is 17.7 Å². The van der Waals surface area contributed by atoms with Gasteiger partial charge in [0, 0.05) is 13.1 Å². The molecule has 2 rings (SSSR count). The van der Waals surface area contributed by atoms with E-state index in [1.807, 2.05) is 30.3 Å². The van der Waals surface area contributed by atoms with E-state index < -0.39 is 25.3 Å². The number of likely N-dealkylation sites (tertiary alicyclic amines) is 1. The van der Waals surface area contributed by atoms with Crippen LogP contribution in [0.2, 0.25) is 6.32 Å². The van der Waals surface area contributed by atoms with Crippen molar-refractivity contribution < 1.29 is 73.9 Å². The van der Waals surface area contributed by atoms with Gasteiger partial charge in [-0.05, 0) is 17.9 Å². The Balaban J connectivity index is 0.00000220. The first kappa shape index (κ1) is 19.0. The van der Waals surface area contributed by atoms with Crippen molar-refractivity contribution in [3.05, 3.63) is 35.9 Å². The van der Waals surface area contributed by atoms with E-state index in [-0.39, 0.29) is 64.5 Å². The van der Waals surface area contributed by atoms with Gasteiger partial charge in [-0.2, -0.15) is 0 Å². The average Bonchev–Trinajstić information content (AvgIpc) is 2.83. The van der Waals surface area contributed by atoms with Gasteiger partial charge in [-0.1, -0.05) is 36.7 Å². The van der Waals surface area contributed by atoms with Crippen molar-refractivity contribution in [3.8, 4) is 0 Å². The molecule has 0 bridgehead atoms. The summed E-state index contributed by atoms with van der Waals surface area (Å²) < 4.78 is 42.1. The quantitative estimate of drug-likeness (QED) is 0.755. The number of carbonyl (C=O) groups is 1. The van der Waals surface area contributed by atoms with Crippen LogP contribution in [0.3, 0.4) is 0 Å². The van der Waals surface area contributed by atoms with E-state index in [0.29, 0.717) is 13.0 Å². The fourth-order valence-electron chi connectivity index (χ4n) is 2.38. The Morgan fingerprint density at radius 2 is 1.95 bits per heavy atom. The molecule has 1 saturated heterocycles. The van der Waals surface area contributed by atoms with Crippen molar-refractivity contribution in [2.75, 3.05) is 13.1 Å². The summed E-state index contributed by atoms with van der Waals surface area (Å²) in [5, 5.41) is 0. The summed E-state index contributed by atoms with van der Waals surface area (Å²) in [5.74, 6) is -0.487. The summed E-state index contributed by atoms with van der Waals surface area (Å²) >= 11 is 0. The molecule has 0 aliphatic carbocycles. The van der Waals surface area contributed by atoms with Gasteiger partial charge >= 0.3 is 64.5 Å². The van der Waals surface area contributed by atoms with Gasteiger partial charge in [-0.3, -0.25) is 0 Å². The predicted octanol–water partition coefficient (Wildman–Crippen LogP) is 0.497. The van der Waals surface area contributed by atoms with E-state index in [4.69, 9.17) is 4.74 Å². The third-order valence-corrected chi connectivity index (χ3v) is 3.35. The maximum Gasteiger partial charge on any atom is 1.00 e. The van der Waals surface area contributed by atoms with Gasteiger partial charge in [-0.25, -0.2) is 4.79 Å². The molecule has 3 nitrogen and oxygen atoms in total. The van der Waals surface area contributed by atoms with Crippen LogP contribution in [-0.4, -0.2) is 31.1 Å². The molecule has 110 valence electrons. The topological polar surface area (TPSA) is 29.5 Å². The van der Waals surface area contributed by atoms with Gasteiger partial charge in [0.15, 0.2) is 0 Å². The smallest absolute Gasteiger partial charge is 0.449 e. The Kier molecular flexibility index (Phi) is 7.77. The van der Waals surface area contributed by atoms with Gasteiger partial charge < -0.3 is 22.6 Å². The number of halogens is 3. The second kappa shape index (κ2) is 8.57. The van der Waals surface area contributed by atoms with Crippen LogP contribution in [0.15, 0.2) is 30.3 Å². The molecule has 21 heavy (non-hydrogen) atoms. The molecule has 1 fully saturated rings. The van der Waals surface area contributed by atoms with Gasteiger partial charge in [0.2, 0.25) is 0 Å². The summed E-state index contributed by atoms with van der Waals surface area (Å²) in [4.78, 5) is 13.1. The first-order chi connectivity index (χ1) is 9.44. The number of carbonyl (C=O) groups excluding carboxylic acids is 1. The second-order valence-corrected chi connectivity index (χ2v) is 5.09. The van der Waals surface area contributed by atoms with Gasteiger partial charge in [-0.15, -0.1) is 0 Å². The molecule has 0 N–H and O–H groups in total. The number of nitrogens with zero attached hydrogens (tertiary/aromatic N) is 1. The zero-order chi connectivity index (χ0) is 14.6. The van der Waals surface area contributed by atoms with Gasteiger partial charge in [0.1, 0.15) is 6.61 Å². The zero-order valence-corrected chi connectivity index (χ0v) is 15.1. The third kappa shape index (κ3) is 6.73. The Morgan fingerprint density at radius 3 is 2.57 bits per heavy atom. The molecular formula is C13H16BF3KNO2. The minimum atomic E-state index is -4.79. The van der Waals surface area contributed by atoms with Crippen molar-refractivity contribution in [2.24, 2.45) is 5.92 Å². The average molecular weight is 325 g/mol. The normalized spacial score (nSPS) is 18.2. The van der Waals surface area contributed by atoms with Gasteiger partial charge in [0.25, 0.3) is 0 Å². The molecular weight excluding hydrogens is 309 g/mol. The molecule has 1 unspecified atom stereocenters. The molecule has 0 radical (unpaired) electrons. The van der Waals surface area contributed by atoms with Crippen LogP contribution in [0.4, 0.5) is 17.7 Å². The Bertz CT molecular complexity index is 458. The van der Waals surface area contributed by atoms with E-state index >= 15 is 0 Å². The van der Waals surface area contributed by atoms with E-state index in [1.54, 1.807) is 0 Å². The maximum atomic E-state index is 12.3. The molecule has 0 saturated carbocycles. The maximum absolute atomic E-state index is 12.3. The minimum absolute atomic E-state index is 0. The molecule has 1 amide bonds. The molecule has 1 heterocycles. The Hall–Kier alpha value is -0.0187. The molecule has 0 aromatic heterocycles. The van der Waals surface area contributed by atoms with Gasteiger partial charge in [0.05, 0.1) is 0 Å². The summed E-state index contributed by atoms with van der Waals surface area (Å²) in [5.41, 5.74) is 0.857. The van der Waals surface area contributed by atoms with Crippen molar-refractivity contribution in [1.29, 1.82) is 0 Å². The SMILES string of the molecule is O=C(OCc1ccccc1)N1CCC(C[B-](F)(F)F)C1.[K+]. The molecule has 8 heteroatoms. The van der Waals surface area contributed by atoms with Crippen LogP contribution in [0.5, 0.6) is 0 Å². The van der Waals surface area contributed by atoms with Crippen molar-refractivity contribution in [1.82, 2.24) is 4.90 Å². The first-order valence-electron chi connectivity index (χ1n) is 6.60. The van der Waals surface area contributed by atoms with E-state index in [2.05, 4.69) is 0 Å². The molecule has 1 aliphatic heterocycles. The summed E-state index contributed by atoms with van der Waals surface area (Å²) in [6, 6.07) is 9.18. The fourth-order valence-corrected chi connectivity index (χ4v) is 2.38. The van der Waals surface area contributed by atoms with Crippen molar-refractivity contribution in [2.45, 2.75) is 19.3 Å². The summed E-state index contributed by atoms with van der Waals surface area (Å²) in [6.07, 6.45) is -0.921. The van der Waals surface area contributed by atoms with Crippen molar-refractivity contribution in [3.63, 3.8) is 0 Å². The number of ether oxygens (including phenoxy) is 1. The van der Waals surface area contributed by atoms with E-state index in [1.165, 1.54) is 4.90 Å². The molecule has 1 atom stereocenters. The van der Waals surface area contributed by atoms with Crippen LogP contribution < -0.4 is 51.4 Å². The molecule has 1 aromatic carbocycles. The summed E-state index contributed by atoms with van der Waals surface area (Å²) in [6.45, 7) is -4.17. The predicted molar refractivity (Wildman–Crippen MR) is 70.2 cm³/mol. The first-order valence-corrected chi connectivity index (χ1v) is 6.60. The van der Waals surface area contributed by atoms with Crippen LogP contribution >= 0.6 is 0 Å².